The molecule has 106 valence electrons. The van der Waals surface area contributed by atoms with Gasteiger partial charge in [-0.1, -0.05) is 35.0 Å². The molecule has 0 spiro atoms. The lowest BCUT2D eigenvalue weighted by atomic mass is 10.2. The summed E-state index contributed by atoms with van der Waals surface area (Å²) < 4.78 is 32.7. The Hall–Kier alpha value is -2.31. The number of hydrogen-bond donors (Lipinski definition) is 1. The van der Waals surface area contributed by atoms with Crippen molar-refractivity contribution >= 4 is 21.0 Å². The Bertz CT molecular complexity index is 890. The number of rotatable bonds is 3. The van der Waals surface area contributed by atoms with Gasteiger partial charge in [0.05, 0.1) is 4.90 Å². The first-order chi connectivity index (χ1) is 10.0. The Morgan fingerprint density at radius 3 is 2.43 bits per heavy atom. The van der Waals surface area contributed by atoms with Crippen molar-refractivity contribution in [2.45, 2.75) is 11.4 Å². The molecule has 0 atom stereocenters. The van der Waals surface area contributed by atoms with Crippen molar-refractivity contribution in [2.24, 2.45) is 0 Å². The van der Waals surface area contributed by atoms with Crippen molar-refractivity contribution in [3.63, 3.8) is 0 Å². The summed E-state index contributed by atoms with van der Waals surface area (Å²) in [5, 5.41) is 5.56. The minimum absolute atomic E-state index is 0.109. The van der Waals surface area contributed by atoms with E-state index in [4.69, 9.17) is 4.55 Å². The first-order valence-electron chi connectivity index (χ1n) is 6.34. The Morgan fingerprint density at radius 2 is 1.71 bits per heavy atom. The summed E-state index contributed by atoms with van der Waals surface area (Å²) in [7, 11) is -4.14. The van der Waals surface area contributed by atoms with Crippen molar-refractivity contribution in [3.8, 4) is 0 Å². The highest BCUT2D eigenvalue weighted by Gasteiger charge is 2.11. The third-order valence-corrected chi connectivity index (χ3v) is 4.03. The number of hydrogen-bond acceptors (Lipinski definition) is 3. The topological polar surface area (TPSA) is 71.1 Å². The molecule has 0 unspecified atom stereocenters. The number of fused-ring (bicyclic) bond motifs is 1. The second-order valence-electron chi connectivity index (χ2n) is 4.69. The van der Waals surface area contributed by atoms with E-state index in [-0.39, 0.29) is 4.90 Å². The van der Waals surface area contributed by atoms with Crippen LogP contribution in [0.25, 0.3) is 10.9 Å². The molecule has 3 rings (SSSR count). The summed E-state index contributed by atoms with van der Waals surface area (Å²) in [6.45, 7) is 0.524. The van der Waals surface area contributed by atoms with Crippen LogP contribution >= 0.6 is 0 Å². The molecule has 0 aliphatic heterocycles. The molecular weight excluding hydrogens is 288 g/mol. The van der Waals surface area contributed by atoms with Crippen LogP contribution in [0.5, 0.6) is 0 Å². The molecule has 0 saturated heterocycles. The van der Waals surface area contributed by atoms with Crippen molar-refractivity contribution < 1.29 is 17.7 Å². The molecule has 0 radical (unpaired) electrons. The molecule has 1 N–H and O–H groups in total. The van der Waals surface area contributed by atoms with Crippen LogP contribution in [0.4, 0.5) is 0 Å². The first kappa shape index (κ1) is 13.7. The fraction of sp³-hybridized carbons (Fsp3) is 0.0667. The SMILES string of the molecule is O=S(=O)(O)c1ccc(C[n+]2ccc3ccccc3n2)cc1. The lowest BCUT2D eigenvalue weighted by Crippen LogP contribution is -2.37. The predicted octanol–water partition coefficient (Wildman–Crippen LogP) is 1.82. The Balaban J connectivity index is 1.88. The van der Waals surface area contributed by atoms with E-state index in [0.717, 1.165) is 16.5 Å². The standard InChI is InChI=1S/C15H12N2O3S/c18-21(19,20)14-7-5-12(6-8-14)11-17-10-9-13-3-1-2-4-15(13)16-17/h1-10H,11H2/p+1. The van der Waals surface area contributed by atoms with Crippen LogP contribution in [-0.2, 0) is 16.7 Å². The third-order valence-electron chi connectivity index (χ3n) is 3.16. The van der Waals surface area contributed by atoms with Gasteiger partial charge in [-0.2, -0.15) is 8.42 Å². The monoisotopic (exact) mass is 301 g/mol. The highest BCUT2D eigenvalue weighted by atomic mass is 32.2. The van der Waals surface area contributed by atoms with Gasteiger partial charge in [0.2, 0.25) is 0 Å². The van der Waals surface area contributed by atoms with Crippen LogP contribution in [0.1, 0.15) is 5.56 Å². The zero-order valence-electron chi connectivity index (χ0n) is 11.0. The van der Waals surface area contributed by atoms with Gasteiger partial charge in [-0.15, -0.1) is 0 Å². The molecule has 0 fully saturated rings. The quantitative estimate of drug-likeness (QED) is 0.591. The maximum Gasteiger partial charge on any atom is 0.294 e. The lowest BCUT2D eigenvalue weighted by Gasteiger charge is -2.00. The smallest absolute Gasteiger partial charge is 0.282 e. The van der Waals surface area contributed by atoms with E-state index in [9.17, 15) is 8.42 Å². The minimum Gasteiger partial charge on any atom is -0.282 e. The van der Waals surface area contributed by atoms with Crippen molar-refractivity contribution in [1.82, 2.24) is 5.10 Å². The molecule has 0 saturated carbocycles. The van der Waals surface area contributed by atoms with Gasteiger partial charge in [0.25, 0.3) is 10.1 Å². The zero-order valence-corrected chi connectivity index (χ0v) is 11.9. The first-order valence-corrected chi connectivity index (χ1v) is 7.78. The lowest BCUT2D eigenvalue weighted by molar-refractivity contribution is -0.743. The van der Waals surface area contributed by atoms with Gasteiger partial charge in [-0.05, 0) is 18.2 Å². The van der Waals surface area contributed by atoms with Crippen LogP contribution in [0.15, 0.2) is 65.7 Å². The third kappa shape index (κ3) is 3.07. The van der Waals surface area contributed by atoms with Gasteiger partial charge >= 0.3 is 0 Å². The van der Waals surface area contributed by atoms with Gasteiger partial charge in [0.1, 0.15) is 5.52 Å². The van der Waals surface area contributed by atoms with Gasteiger partial charge < -0.3 is 0 Å². The van der Waals surface area contributed by atoms with Gasteiger partial charge in [-0.25, -0.2) is 0 Å². The molecule has 0 bridgehead atoms. The highest BCUT2D eigenvalue weighted by Crippen LogP contribution is 2.10. The Labute approximate surface area is 122 Å². The summed E-state index contributed by atoms with van der Waals surface area (Å²) in [6, 6.07) is 15.9. The molecule has 3 aromatic rings. The Morgan fingerprint density at radius 1 is 1.00 bits per heavy atom. The van der Waals surface area contributed by atoms with Crippen LogP contribution in [-0.4, -0.2) is 18.1 Å². The predicted molar refractivity (Wildman–Crippen MR) is 77.3 cm³/mol. The Kier molecular flexibility index (Phi) is 3.40. The number of aromatic nitrogens is 2. The summed E-state index contributed by atoms with van der Waals surface area (Å²) in [4.78, 5) is -0.109. The molecular formula is C15H13N2O3S+. The highest BCUT2D eigenvalue weighted by molar-refractivity contribution is 7.85. The molecule has 21 heavy (non-hydrogen) atoms. The van der Waals surface area contributed by atoms with E-state index in [2.05, 4.69) is 5.10 Å². The van der Waals surface area contributed by atoms with E-state index >= 15 is 0 Å². The fourth-order valence-electron chi connectivity index (χ4n) is 2.10. The molecule has 0 aliphatic carbocycles. The largest absolute Gasteiger partial charge is 0.294 e. The van der Waals surface area contributed by atoms with Crippen LogP contribution in [0.2, 0.25) is 0 Å². The average molecular weight is 301 g/mol. The molecule has 1 heterocycles. The molecule has 0 aliphatic rings. The van der Waals surface area contributed by atoms with Crippen LogP contribution in [0.3, 0.4) is 0 Å². The number of benzene rings is 2. The molecule has 6 heteroatoms. The van der Waals surface area contributed by atoms with Crippen molar-refractivity contribution in [2.75, 3.05) is 0 Å². The van der Waals surface area contributed by atoms with E-state index < -0.39 is 10.1 Å². The van der Waals surface area contributed by atoms with Gasteiger partial charge in [-0.3, -0.25) is 4.55 Å². The maximum absolute atomic E-state index is 11.0. The van der Waals surface area contributed by atoms with Gasteiger partial charge in [0.15, 0.2) is 12.7 Å². The van der Waals surface area contributed by atoms with Crippen molar-refractivity contribution in [1.29, 1.82) is 0 Å². The average Bonchev–Trinajstić information content (AvgIpc) is 2.47. The van der Waals surface area contributed by atoms with Crippen molar-refractivity contribution in [3.05, 3.63) is 66.4 Å². The summed E-state index contributed by atoms with van der Waals surface area (Å²) >= 11 is 0. The molecule has 5 nitrogen and oxygen atoms in total. The summed E-state index contributed by atoms with van der Waals surface area (Å²) in [5.41, 5.74) is 1.80. The molecule has 0 amide bonds. The van der Waals surface area contributed by atoms with Gasteiger partial charge in [0, 0.05) is 22.1 Å². The normalized spacial score (nSPS) is 11.7. The van der Waals surface area contributed by atoms with E-state index in [1.54, 1.807) is 16.8 Å². The summed E-state index contributed by atoms with van der Waals surface area (Å²) in [5.74, 6) is 0. The molecule has 2 aromatic carbocycles. The molecule has 1 aromatic heterocycles. The van der Waals surface area contributed by atoms with E-state index in [0.29, 0.717) is 6.54 Å². The summed E-state index contributed by atoms with van der Waals surface area (Å²) in [6.07, 6.45) is 1.87. The van der Waals surface area contributed by atoms with E-state index in [1.807, 2.05) is 36.5 Å². The second kappa shape index (κ2) is 5.23. The van der Waals surface area contributed by atoms with Crippen LogP contribution in [0, 0.1) is 0 Å². The maximum atomic E-state index is 11.0. The zero-order chi connectivity index (χ0) is 14.9. The van der Waals surface area contributed by atoms with E-state index in [1.165, 1.54) is 12.1 Å². The van der Waals surface area contributed by atoms with Crippen LogP contribution < -0.4 is 4.68 Å². The minimum atomic E-state index is -4.14. The second-order valence-corrected chi connectivity index (χ2v) is 6.11. The number of nitrogens with zero attached hydrogens (tertiary/aromatic N) is 2. The fourth-order valence-corrected chi connectivity index (χ4v) is 2.58.